The Kier molecular flexibility index (Phi) is 7.70. The Labute approximate surface area is 223 Å². The van der Waals surface area contributed by atoms with Gasteiger partial charge in [0.15, 0.2) is 0 Å². The van der Waals surface area contributed by atoms with E-state index >= 15 is 0 Å². The minimum atomic E-state index is -0.184. The van der Waals surface area contributed by atoms with Gasteiger partial charge in [-0.1, -0.05) is 42.1 Å². The highest BCUT2D eigenvalue weighted by atomic mass is 32.2. The van der Waals surface area contributed by atoms with E-state index in [1.807, 2.05) is 65.3 Å². The Morgan fingerprint density at radius 2 is 1.61 bits per heavy atom. The molecule has 2 heterocycles. The topological polar surface area (TPSA) is 104 Å². The third kappa shape index (κ3) is 6.04. The van der Waals surface area contributed by atoms with Crippen molar-refractivity contribution in [1.29, 1.82) is 0 Å². The molecule has 0 unspecified atom stereocenters. The van der Waals surface area contributed by atoms with Gasteiger partial charge in [0, 0.05) is 11.3 Å². The molecule has 1 N–H and O–H groups in total. The number of hydrogen-bond acceptors (Lipinski definition) is 8. The van der Waals surface area contributed by atoms with Gasteiger partial charge in [0.2, 0.25) is 5.91 Å². The van der Waals surface area contributed by atoms with Gasteiger partial charge in [0.1, 0.15) is 17.2 Å². The second-order valence-electron chi connectivity index (χ2n) is 8.23. The second-order valence-corrected chi connectivity index (χ2v) is 9.15. The van der Waals surface area contributed by atoms with Crippen molar-refractivity contribution < 1.29 is 18.7 Å². The number of carbonyl (C=O) groups excluding carboxylic acids is 1. The quantitative estimate of drug-likeness (QED) is 0.241. The fraction of sp³-hybridized carbons (Fsp3) is 0.143. The van der Waals surface area contributed by atoms with Gasteiger partial charge in [-0.2, -0.15) is 5.10 Å². The molecular formula is C28H25N5O4S. The van der Waals surface area contributed by atoms with Crippen molar-refractivity contribution in [2.24, 2.45) is 0 Å². The Morgan fingerprint density at radius 1 is 0.921 bits per heavy atom. The molecule has 192 valence electrons. The van der Waals surface area contributed by atoms with Crippen molar-refractivity contribution in [3.05, 3.63) is 90.5 Å². The van der Waals surface area contributed by atoms with Crippen LogP contribution in [0.2, 0.25) is 0 Å². The fourth-order valence-corrected chi connectivity index (χ4v) is 4.30. The summed E-state index contributed by atoms with van der Waals surface area (Å²) in [5.41, 5.74) is 4.15. The van der Waals surface area contributed by atoms with Gasteiger partial charge in [0.05, 0.1) is 32.2 Å². The van der Waals surface area contributed by atoms with Gasteiger partial charge in [-0.25, -0.2) is 0 Å². The van der Waals surface area contributed by atoms with E-state index in [-0.39, 0.29) is 11.7 Å². The van der Waals surface area contributed by atoms with E-state index in [0.717, 1.165) is 28.3 Å². The van der Waals surface area contributed by atoms with E-state index in [1.165, 1.54) is 11.8 Å². The highest BCUT2D eigenvalue weighted by Crippen LogP contribution is 2.29. The average Bonchev–Trinajstić information content (AvgIpc) is 3.60. The van der Waals surface area contributed by atoms with Crippen molar-refractivity contribution >= 4 is 23.4 Å². The number of methoxy groups -OCH3 is 2. The van der Waals surface area contributed by atoms with Crippen LogP contribution in [-0.2, 0) is 11.3 Å². The van der Waals surface area contributed by atoms with Crippen molar-refractivity contribution in [3.8, 4) is 34.3 Å². The summed E-state index contributed by atoms with van der Waals surface area (Å²) in [4.78, 5) is 12.4. The van der Waals surface area contributed by atoms with Crippen LogP contribution in [0.3, 0.4) is 0 Å². The molecule has 3 aromatic carbocycles. The number of hydrogen-bond donors (Lipinski definition) is 1. The first kappa shape index (κ1) is 25.1. The fourth-order valence-electron chi connectivity index (χ4n) is 3.74. The van der Waals surface area contributed by atoms with Crippen LogP contribution in [0.1, 0.15) is 5.56 Å². The minimum absolute atomic E-state index is 0.119. The summed E-state index contributed by atoms with van der Waals surface area (Å²) in [6.07, 6.45) is 0. The number of anilines is 1. The lowest BCUT2D eigenvalue weighted by Gasteiger charge is -2.05. The lowest BCUT2D eigenvalue weighted by Crippen LogP contribution is -2.13. The number of benzene rings is 3. The molecule has 0 atom stereocenters. The third-order valence-corrected chi connectivity index (χ3v) is 6.49. The molecule has 10 heteroatoms. The van der Waals surface area contributed by atoms with Gasteiger partial charge in [-0.3, -0.25) is 9.48 Å². The molecule has 38 heavy (non-hydrogen) atoms. The van der Waals surface area contributed by atoms with E-state index in [2.05, 4.69) is 15.5 Å². The van der Waals surface area contributed by atoms with Crippen molar-refractivity contribution in [2.75, 3.05) is 25.3 Å². The molecule has 0 fully saturated rings. The van der Waals surface area contributed by atoms with Gasteiger partial charge in [-0.15, -0.1) is 10.2 Å². The van der Waals surface area contributed by atoms with Gasteiger partial charge < -0.3 is 19.2 Å². The zero-order valence-electron chi connectivity index (χ0n) is 20.8. The predicted molar refractivity (Wildman–Crippen MR) is 145 cm³/mol. The lowest BCUT2D eigenvalue weighted by molar-refractivity contribution is -0.113. The molecule has 5 aromatic rings. The molecule has 0 radical (unpaired) electrons. The highest BCUT2D eigenvalue weighted by Gasteiger charge is 2.18. The van der Waals surface area contributed by atoms with Crippen LogP contribution < -0.4 is 14.8 Å². The van der Waals surface area contributed by atoms with Crippen LogP contribution in [0.25, 0.3) is 22.8 Å². The molecule has 9 nitrogen and oxygen atoms in total. The average molecular weight is 528 g/mol. The Balaban J connectivity index is 1.33. The molecule has 0 aliphatic heterocycles. The van der Waals surface area contributed by atoms with Crippen molar-refractivity contribution in [3.63, 3.8) is 0 Å². The third-order valence-electron chi connectivity index (χ3n) is 5.67. The van der Waals surface area contributed by atoms with Crippen LogP contribution in [-0.4, -0.2) is 45.9 Å². The first-order chi connectivity index (χ1) is 18.6. The van der Waals surface area contributed by atoms with E-state index in [9.17, 15) is 4.79 Å². The van der Waals surface area contributed by atoms with E-state index in [4.69, 9.17) is 19.0 Å². The largest absolute Gasteiger partial charge is 0.497 e. The van der Waals surface area contributed by atoms with Gasteiger partial charge >= 0.3 is 0 Å². The molecule has 0 saturated heterocycles. The normalized spacial score (nSPS) is 10.8. The molecule has 0 bridgehead atoms. The summed E-state index contributed by atoms with van der Waals surface area (Å²) in [6, 6.07) is 26.8. The molecule has 2 aromatic heterocycles. The zero-order valence-corrected chi connectivity index (χ0v) is 21.6. The number of carbonyl (C=O) groups is 1. The summed E-state index contributed by atoms with van der Waals surface area (Å²) in [7, 11) is 3.23. The van der Waals surface area contributed by atoms with Crippen molar-refractivity contribution in [2.45, 2.75) is 11.8 Å². The summed E-state index contributed by atoms with van der Waals surface area (Å²) < 4.78 is 18.2. The molecule has 0 aliphatic rings. The number of thioether (sulfide) groups is 1. The Bertz CT molecular complexity index is 1500. The summed E-state index contributed by atoms with van der Waals surface area (Å²) in [5.74, 6) is 1.75. The zero-order chi connectivity index (χ0) is 26.3. The summed E-state index contributed by atoms with van der Waals surface area (Å²) in [5, 5.41) is 16.3. The monoisotopic (exact) mass is 527 g/mol. The molecule has 1 amide bonds. The highest BCUT2D eigenvalue weighted by molar-refractivity contribution is 7.99. The van der Waals surface area contributed by atoms with Gasteiger partial charge in [0.25, 0.3) is 11.1 Å². The summed E-state index contributed by atoms with van der Waals surface area (Å²) in [6.45, 7) is 0.529. The minimum Gasteiger partial charge on any atom is -0.497 e. The number of nitrogens with zero attached hydrogens (tertiary/aromatic N) is 4. The molecule has 0 spiro atoms. The number of nitrogens with one attached hydrogen (secondary N) is 1. The molecule has 0 saturated carbocycles. The molecular weight excluding hydrogens is 502 g/mol. The second kappa shape index (κ2) is 11.7. The first-order valence-electron chi connectivity index (χ1n) is 11.8. The smallest absolute Gasteiger partial charge is 0.277 e. The first-order valence-corrected chi connectivity index (χ1v) is 12.8. The van der Waals surface area contributed by atoms with Gasteiger partial charge in [-0.05, 0) is 60.2 Å². The number of ether oxygens (including phenoxy) is 2. The van der Waals surface area contributed by atoms with E-state index in [0.29, 0.717) is 29.0 Å². The SMILES string of the molecule is COc1ccc(NC(=O)CSc2nnc(-c3cc(-c4ccc(OC)cc4)nn3Cc3ccccc3)o2)cc1. The number of rotatable bonds is 10. The van der Waals surface area contributed by atoms with Crippen LogP contribution >= 0.6 is 11.8 Å². The maximum atomic E-state index is 12.4. The predicted octanol–water partition coefficient (Wildman–Crippen LogP) is 5.40. The summed E-state index contributed by atoms with van der Waals surface area (Å²) >= 11 is 1.17. The number of aromatic nitrogens is 4. The maximum Gasteiger partial charge on any atom is 0.277 e. The van der Waals surface area contributed by atoms with Crippen LogP contribution in [0.4, 0.5) is 5.69 Å². The standard InChI is InChI=1S/C28H25N5O4S/c1-35-22-12-8-20(9-13-22)24-16-25(33(32-24)17-19-6-4-3-5-7-19)27-30-31-28(37-27)38-18-26(34)29-21-10-14-23(36-2)15-11-21/h3-16H,17-18H2,1-2H3,(H,29,34). The van der Waals surface area contributed by atoms with Crippen LogP contribution in [0, 0.1) is 0 Å². The number of amides is 1. The van der Waals surface area contributed by atoms with E-state index in [1.54, 1.807) is 38.5 Å². The van der Waals surface area contributed by atoms with Crippen LogP contribution in [0.5, 0.6) is 11.5 Å². The Morgan fingerprint density at radius 3 is 2.29 bits per heavy atom. The van der Waals surface area contributed by atoms with E-state index < -0.39 is 0 Å². The maximum absolute atomic E-state index is 12.4. The van der Waals surface area contributed by atoms with Crippen LogP contribution in [0.15, 0.2) is 94.6 Å². The van der Waals surface area contributed by atoms with Crippen molar-refractivity contribution in [1.82, 2.24) is 20.0 Å². The molecule has 0 aliphatic carbocycles. The molecule has 5 rings (SSSR count). The lowest BCUT2D eigenvalue weighted by atomic mass is 10.1. The Hall–Kier alpha value is -4.57.